The third kappa shape index (κ3) is 3.19. The topological polar surface area (TPSA) is 24.5 Å². The fourth-order valence-electron chi connectivity index (χ4n) is 2.68. The van der Waals surface area contributed by atoms with E-state index in [4.69, 9.17) is 4.74 Å². The summed E-state index contributed by atoms with van der Waals surface area (Å²) >= 11 is 0. The van der Waals surface area contributed by atoms with Crippen molar-refractivity contribution in [3.63, 3.8) is 0 Å². The second-order valence-corrected chi connectivity index (χ2v) is 5.68. The molecule has 2 rings (SSSR count). The Labute approximate surface area is 99.5 Å². The summed E-state index contributed by atoms with van der Waals surface area (Å²) in [5, 5.41) is 3.59. The molecule has 0 spiro atoms. The lowest BCUT2D eigenvalue weighted by Crippen LogP contribution is -2.48. The molecule has 1 atom stereocenters. The van der Waals surface area contributed by atoms with Crippen molar-refractivity contribution in [2.45, 2.75) is 39.2 Å². The first-order valence-electron chi connectivity index (χ1n) is 6.76. The number of hydrogen-bond donors (Lipinski definition) is 1. The summed E-state index contributed by atoms with van der Waals surface area (Å²) in [6.07, 6.45) is 4.61. The van der Waals surface area contributed by atoms with Crippen LogP contribution in [0.4, 0.5) is 0 Å². The number of rotatable bonds is 5. The Morgan fingerprint density at radius 2 is 2.25 bits per heavy atom. The van der Waals surface area contributed by atoms with Crippen molar-refractivity contribution < 1.29 is 4.74 Å². The molecule has 2 fully saturated rings. The highest BCUT2D eigenvalue weighted by Crippen LogP contribution is 2.39. The summed E-state index contributed by atoms with van der Waals surface area (Å²) in [6.45, 7) is 11.1. The van der Waals surface area contributed by atoms with Crippen LogP contribution in [0.25, 0.3) is 0 Å². The number of morpholine rings is 1. The summed E-state index contributed by atoms with van der Waals surface area (Å²) < 4.78 is 5.77. The molecule has 16 heavy (non-hydrogen) atoms. The van der Waals surface area contributed by atoms with E-state index < -0.39 is 0 Å². The maximum Gasteiger partial charge on any atom is 0.0826 e. The highest BCUT2D eigenvalue weighted by molar-refractivity contribution is 4.85. The third-order valence-electron chi connectivity index (χ3n) is 4.15. The molecule has 1 N–H and O–H groups in total. The standard InChI is InChI=1S/C13H26N2O/c1-3-15-7-8-16-12(10-15)9-14-11-13(2)5-4-6-13/h12,14H,3-11H2,1-2H3. The SMILES string of the molecule is CCN1CCOC(CNCC2(C)CCC2)C1. The van der Waals surface area contributed by atoms with E-state index in [1.807, 2.05) is 0 Å². The van der Waals surface area contributed by atoms with Crippen molar-refractivity contribution in [3.8, 4) is 0 Å². The second-order valence-electron chi connectivity index (χ2n) is 5.68. The largest absolute Gasteiger partial charge is 0.374 e. The van der Waals surface area contributed by atoms with Gasteiger partial charge in [0.05, 0.1) is 12.7 Å². The van der Waals surface area contributed by atoms with Gasteiger partial charge in [-0.1, -0.05) is 20.3 Å². The van der Waals surface area contributed by atoms with Crippen molar-refractivity contribution in [2.75, 3.05) is 39.3 Å². The lowest BCUT2D eigenvalue weighted by molar-refractivity contribution is -0.0269. The number of nitrogens with one attached hydrogen (secondary N) is 1. The molecule has 0 radical (unpaired) electrons. The second kappa shape index (κ2) is 5.48. The number of nitrogens with zero attached hydrogens (tertiary/aromatic N) is 1. The molecule has 0 aromatic heterocycles. The minimum Gasteiger partial charge on any atom is -0.374 e. The predicted octanol–water partition coefficient (Wildman–Crippen LogP) is 1.49. The van der Waals surface area contributed by atoms with Crippen molar-refractivity contribution in [3.05, 3.63) is 0 Å². The summed E-state index contributed by atoms with van der Waals surface area (Å²) in [5.41, 5.74) is 0.582. The summed E-state index contributed by atoms with van der Waals surface area (Å²) in [6, 6.07) is 0. The van der Waals surface area contributed by atoms with Crippen LogP contribution in [0.3, 0.4) is 0 Å². The molecule has 0 aromatic rings. The average Bonchev–Trinajstić information content (AvgIpc) is 2.27. The van der Waals surface area contributed by atoms with Gasteiger partial charge < -0.3 is 10.1 Å². The maximum atomic E-state index is 5.77. The van der Waals surface area contributed by atoms with Crippen LogP contribution in [-0.4, -0.2) is 50.3 Å². The van der Waals surface area contributed by atoms with Gasteiger partial charge >= 0.3 is 0 Å². The maximum absolute atomic E-state index is 5.77. The van der Waals surface area contributed by atoms with Crippen LogP contribution < -0.4 is 5.32 Å². The highest BCUT2D eigenvalue weighted by Gasteiger charge is 2.31. The molecule has 1 unspecified atom stereocenters. The lowest BCUT2D eigenvalue weighted by atomic mass is 9.70. The molecule has 0 aromatic carbocycles. The lowest BCUT2D eigenvalue weighted by Gasteiger charge is -2.39. The molecule has 1 aliphatic heterocycles. The fraction of sp³-hybridized carbons (Fsp3) is 1.00. The fourth-order valence-corrected chi connectivity index (χ4v) is 2.68. The van der Waals surface area contributed by atoms with Gasteiger partial charge in [0.2, 0.25) is 0 Å². The first-order chi connectivity index (χ1) is 7.72. The Bertz CT molecular complexity index is 216. The highest BCUT2D eigenvalue weighted by atomic mass is 16.5. The molecular weight excluding hydrogens is 200 g/mol. The Morgan fingerprint density at radius 3 is 2.88 bits per heavy atom. The zero-order valence-corrected chi connectivity index (χ0v) is 10.8. The number of ether oxygens (including phenoxy) is 1. The van der Waals surface area contributed by atoms with E-state index in [1.165, 1.54) is 25.8 Å². The van der Waals surface area contributed by atoms with Crippen LogP contribution in [0.5, 0.6) is 0 Å². The molecular formula is C13H26N2O. The summed E-state index contributed by atoms with van der Waals surface area (Å²) in [5.74, 6) is 0. The molecule has 94 valence electrons. The van der Waals surface area contributed by atoms with Gasteiger partial charge in [0.15, 0.2) is 0 Å². The van der Waals surface area contributed by atoms with Crippen molar-refractivity contribution >= 4 is 0 Å². The third-order valence-corrected chi connectivity index (χ3v) is 4.15. The molecule has 0 amide bonds. The number of hydrogen-bond acceptors (Lipinski definition) is 3. The van der Waals surface area contributed by atoms with Crippen molar-refractivity contribution in [2.24, 2.45) is 5.41 Å². The molecule has 3 nitrogen and oxygen atoms in total. The first-order valence-corrected chi connectivity index (χ1v) is 6.76. The molecule has 0 bridgehead atoms. The van der Waals surface area contributed by atoms with Crippen LogP contribution in [0.15, 0.2) is 0 Å². The Balaban J connectivity index is 1.61. The molecule has 2 aliphatic rings. The smallest absolute Gasteiger partial charge is 0.0826 e. The molecule has 1 heterocycles. The zero-order chi connectivity index (χ0) is 11.4. The number of likely N-dealkylation sites (N-methyl/N-ethyl adjacent to an activating group) is 1. The molecule has 1 saturated carbocycles. The minimum atomic E-state index is 0.400. The van der Waals surface area contributed by atoms with Gasteiger partial charge in [-0.25, -0.2) is 0 Å². The van der Waals surface area contributed by atoms with E-state index in [1.54, 1.807) is 0 Å². The van der Waals surface area contributed by atoms with Gasteiger partial charge in [0, 0.05) is 26.2 Å². The van der Waals surface area contributed by atoms with Gasteiger partial charge in [0.25, 0.3) is 0 Å². The van der Waals surface area contributed by atoms with E-state index in [2.05, 4.69) is 24.1 Å². The molecule has 1 aliphatic carbocycles. The van der Waals surface area contributed by atoms with Crippen molar-refractivity contribution in [1.82, 2.24) is 10.2 Å². The van der Waals surface area contributed by atoms with Gasteiger partial charge in [-0.2, -0.15) is 0 Å². The van der Waals surface area contributed by atoms with Crippen LogP contribution in [0.1, 0.15) is 33.1 Å². The van der Waals surface area contributed by atoms with Gasteiger partial charge in [-0.15, -0.1) is 0 Å². The summed E-state index contributed by atoms with van der Waals surface area (Å²) in [4.78, 5) is 2.47. The van der Waals surface area contributed by atoms with Gasteiger partial charge in [-0.3, -0.25) is 4.90 Å². The van der Waals surface area contributed by atoms with E-state index in [-0.39, 0.29) is 0 Å². The molecule has 1 saturated heterocycles. The Morgan fingerprint density at radius 1 is 1.44 bits per heavy atom. The van der Waals surface area contributed by atoms with E-state index >= 15 is 0 Å². The first kappa shape index (κ1) is 12.3. The van der Waals surface area contributed by atoms with Crippen LogP contribution in [0, 0.1) is 5.41 Å². The van der Waals surface area contributed by atoms with Crippen LogP contribution in [0.2, 0.25) is 0 Å². The van der Waals surface area contributed by atoms with Crippen molar-refractivity contribution in [1.29, 1.82) is 0 Å². The zero-order valence-electron chi connectivity index (χ0n) is 10.8. The normalized spacial score (nSPS) is 30.0. The average molecular weight is 226 g/mol. The monoisotopic (exact) mass is 226 g/mol. The van der Waals surface area contributed by atoms with Crippen LogP contribution >= 0.6 is 0 Å². The van der Waals surface area contributed by atoms with Gasteiger partial charge in [-0.05, 0) is 24.8 Å². The summed E-state index contributed by atoms with van der Waals surface area (Å²) in [7, 11) is 0. The van der Waals surface area contributed by atoms with Gasteiger partial charge in [0.1, 0.15) is 0 Å². The van der Waals surface area contributed by atoms with E-state index in [9.17, 15) is 0 Å². The Hall–Kier alpha value is -0.120. The van der Waals surface area contributed by atoms with Crippen LogP contribution in [-0.2, 0) is 4.74 Å². The Kier molecular flexibility index (Phi) is 4.22. The van der Waals surface area contributed by atoms with E-state index in [0.29, 0.717) is 11.5 Å². The predicted molar refractivity (Wildman–Crippen MR) is 66.7 cm³/mol. The minimum absolute atomic E-state index is 0.400. The molecule has 3 heteroatoms. The quantitative estimate of drug-likeness (QED) is 0.768. The van der Waals surface area contributed by atoms with E-state index in [0.717, 1.165) is 32.8 Å².